The van der Waals surface area contributed by atoms with Crippen molar-refractivity contribution in [3.8, 4) is 0 Å². The lowest BCUT2D eigenvalue weighted by Crippen LogP contribution is -2.44. The molecule has 2 amide bonds. The fraction of sp³-hybridized carbons (Fsp3) is 0.533. The second-order valence-electron chi connectivity index (χ2n) is 5.96. The quantitative estimate of drug-likeness (QED) is 0.599. The topological polar surface area (TPSA) is 87.5 Å². The Balaban J connectivity index is 2.73. The minimum absolute atomic E-state index is 0.0160. The van der Waals surface area contributed by atoms with Gasteiger partial charge in [0.2, 0.25) is 0 Å². The second kappa shape index (κ2) is 8.33. The SMILES string of the molecule is CC(C)C[C@@H](CN(C)C)NC(=O)Nc1ccccc1[N+](=O)[O-]. The molecule has 0 aliphatic rings. The molecule has 1 aromatic rings. The first-order valence-corrected chi connectivity index (χ1v) is 7.25. The Morgan fingerprint density at radius 2 is 1.95 bits per heavy atom. The standard InChI is InChI=1S/C15H24N4O3/c1-11(2)9-12(10-18(3)4)16-15(20)17-13-7-5-6-8-14(13)19(21)22/h5-8,11-12H,9-10H2,1-4H3,(H2,16,17,20)/t12-/m0/s1. The summed E-state index contributed by atoms with van der Waals surface area (Å²) in [5, 5.41) is 16.4. The fourth-order valence-corrected chi connectivity index (χ4v) is 2.27. The maximum Gasteiger partial charge on any atom is 0.319 e. The molecule has 22 heavy (non-hydrogen) atoms. The van der Waals surface area contributed by atoms with Crippen LogP contribution in [0.5, 0.6) is 0 Å². The summed E-state index contributed by atoms with van der Waals surface area (Å²) < 4.78 is 0. The van der Waals surface area contributed by atoms with Crippen LogP contribution in [0.4, 0.5) is 16.2 Å². The number of carbonyl (C=O) groups excluding carboxylic acids is 1. The van der Waals surface area contributed by atoms with E-state index < -0.39 is 11.0 Å². The van der Waals surface area contributed by atoms with Crippen LogP contribution in [0.3, 0.4) is 0 Å². The van der Waals surface area contributed by atoms with Gasteiger partial charge in [0.1, 0.15) is 5.69 Å². The first kappa shape index (κ1) is 17.9. The van der Waals surface area contributed by atoms with Crippen molar-refractivity contribution in [2.75, 3.05) is 26.0 Å². The summed E-state index contributed by atoms with van der Waals surface area (Å²) in [6.45, 7) is 4.89. The lowest BCUT2D eigenvalue weighted by molar-refractivity contribution is -0.383. The summed E-state index contributed by atoms with van der Waals surface area (Å²) in [4.78, 5) is 24.5. The number of nitrogens with zero attached hydrogens (tertiary/aromatic N) is 2. The Morgan fingerprint density at radius 1 is 1.32 bits per heavy atom. The highest BCUT2D eigenvalue weighted by molar-refractivity contribution is 5.91. The minimum Gasteiger partial charge on any atom is -0.334 e. The number of carbonyl (C=O) groups is 1. The highest BCUT2D eigenvalue weighted by Crippen LogP contribution is 2.22. The molecule has 0 spiro atoms. The molecule has 0 fully saturated rings. The number of urea groups is 1. The normalized spacial score (nSPS) is 12.3. The van der Waals surface area contributed by atoms with Crippen molar-refractivity contribution in [2.45, 2.75) is 26.3 Å². The number of para-hydroxylation sites is 2. The van der Waals surface area contributed by atoms with E-state index in [0.717, 1.165) is 6.42 Å². The molecule has 1 aromatic carbocycles. The first-order chi connectivity index (χ1) is 10.3. The number of nitrogens with one attached hydrogen (secondary N) is 2. The van der Waals surface area contributed by atoms with E-state index in [4.69, 9.17) is 0 Å². The summed E-state index contributed by atoms with van der Waals surface area (Å²) in [6.07, 6.45) is 0.836. The smallest absolute Gasteiger partial charge is 0.319 e. The van der Waals surface area contributed by atoms with Gasteiger partial charge in [-0.15, -0.1) is 0 Å². The Morgan fingerprint density at radius 3 is 2.50 bits per heavy atom. The summed E-state index contributed by atoms with van der Waals surface area (Å²) >= 11 is 0. The zero-order valence-electron chi connectivity index (χ0n) is 13.5. The van der Waals surface area contributed by atoms with Crippen LogP contribution in [0.2, 0.25) is 0 Å². The maximum absolute atomic E-state index is 12.1. The van der Waals surface area contributed by atoms with Crippen molar-refractivity contribution in [1.29, 1.82) is 0 Å². The number of rotatable bonds is 7. The third-order valence-corrected chi connectivity index (χ3v) is 3.03. The van der Waals surface area contributed by atoms with Gasteiger partial charge in [-0.1, -0.05) is 26.0 Å². The summed E-state index contributed by atoms with van der Waals surface area (Å²) in [5.74, 6) is 0.441. The molecule has 7 heteroatoms. The van der Waals surface area contributed by atoms with Gasteiger partial charge < -0.3 is 15.5 Å². The molecular formula is C15H24N4O3. The molecule has 1 atom stereocenters. The van der Waals surface area contributed by atoms with Crippen LogP contribution in [0.15, 0.2) is 24.3 Å². The Hall–Kier alpha value is -2.15. The molecule has 0 bridgehead atoms. The van der Waals surface area contributed by atoms with Gasteiger partial charge in [-0.05, 0) is 32.5 Å². The number of likely N-dealkylation sites (N-methyl/N-ethyl adjacent to an activating group) is 1. The molecule has 0 saturated heterocycles. The fourth-order valence-electron chi connectivity index (χ4n) is 2.27. The van der Waals surface area contributed by atoms with Gasteiger partial charge >= 0.3 is 6.03 Å². The lowest BCUT2D eigenvalue weighted by Gasteiger charge is -2.24. The van der Waals surface area contributed by atoms with E-state index in [1.807, 2.05) is 19.0 Å². The van der Waals surface area contributed by atoms with Crippen LogP contribution in [-0.4, -0.2) is 42.5 Å². The number of nitro groups is 1. The number of hydrogen-bond donors (Lipinski definition) is 2. The summed E-state index contributed by atoms with van der Waals surface area (Å²) in [5.41, 5.74) is 0.0730. The number of amides is 2. The average molecular weight is 308 g/mol. The monoisotopic (exact) mass is 308 g/mol. The third-order valence-electron chi connectivity index (χ3n) is 3.03. The van der Waals surface area contributed by atoms with Gasteiger partial charge in [-0.2, -0.15) is 0 Å². The molecule has 0 unspecified atom stereocenters. The van der Waals surface area contributed by atoms with Crippen molar-refractivity contribution in [3.05, 3.63) is 34.4 Å². The minimum atomic E-state index is -0.513. The van der Waals surface area contributed by atoms with Gasteiger partial charge in [0.05, 0.1) is 4.92 Å². The third kappa shape index (κ3) is 6.09. The number of hydrogen-bond acceptors (Lipinski definition) is 4. The summed E-state index contributed by atoms with van der Waals surface area (Å²) in [6, 6.07) is 5.64. The van der Waals surface area contributed by atoms with Gasteiger partial charge in [-0.25, -0.2) is 4.79 Å². The van der Waals surface area contributed by atoms with Gasteiger partial charge in [0.15, 0.2) is 0 Å². The van der Waals surface area contributed by atoms with Crippen molar-refractivity contribution >= 4 is 17.4 Å². The predicted molar refractivity (Wildman–Crippen MR) is 87.0 cm³/mol. The molecule has 7 nitrogen and oxygen atoms in total. The van der Waals surface area contributed by atoms with Crippen LogP contribution in [-0.2, 0) is 0 Å². The number of benzene rings is 1. The van der Waals surface area contributed by atoms with E-state index in [0.29, 0.717) is 12.5 Å². The predicted octanol–water partition coefficient (Wildman–Crippen LogP) is 2.69. The van der Waals surface area contributed by atoms with Crippen LogP contribution in [0.25, 0.3) is 0 Å². The molecule has 122 valence electrons. The van der Waals surface area contributed by atoms with Gasteiger partial charge in [0.25, 0.3) is 5.69 Å². The Labute approximate surface area is 130 Å². The molecule has 0 aliphatic carbocycles. The van der Waals surface area contributed by atoms with Crippen molar-refractivity contribution < 1.29 is 9.72 Å². The Bertz CT molecular complexity index is 507. The molecule has 0 aromatic heterocycles. The first-order valence-electron chi connectivity index (χ1n) is 7.25. The number of nitro benzene ring substituents is 1. The molecule has 0 aliphatic heterocycles. The average Bonchev–Trinajstić information content (AvgIpc) is 2.36. The van der Waals surface area contributed by atoms with E-state index in [9.17, 15) is 14.9 Å². The lowest BCUT2D eigenvalue weighted by atomic mass is 10.0. The van der Waals surface area contributed by atoms with Crippen LogP contribution in [0.1, 0.15) is 20.3 Å². The van der Waals surface area contributed by atoms with Gasteiger partial charge in [0, 0.05) is 18.7 Å². The second-order valence-corrected chi connectivity index (χ2v) is 5.96. The maximum atomic E-state index is 12.1. The van der Waals surface area contributed by atoms with E-state index in [1.54, 1.807) is 12.1 Å². The molecular weight excluding hydrogens is 284 g/mol. The molecule has 0 heterocycles. The van der Waals surface area contributed by atoms with E-state index >= 15 is 0 Å². The molecule has 0 saturated carbocycles. The van der Waals surface area contributed by atoms with Crippen molar-refractivity contribution in [3.63, 3.8) is 0 Å². The number of anilines is 1. The van der Waals surface area contributed by atoms with E-state index in [1.165, 1.54) is 12.1 Å². The molecule has 2 N–H and O–H groups in total. The molecule has 1 rings (SSSR count). The Kier molecular flexibility index (Phi) is 6.78. The van der Waals surface area contributed by atoms with Gasteiger partial charge in [-0.3, -0.25) is 10.1 Å². The van der Waals surface area contributed by atoms with Crippen molar-refractivity contribution in [1.82, 2.24) is 10.2 Å². The van der Waals surface area contributed by atoms with Crippen molar-refractivity contribution in [2.24, 2.45) is 5.92 Å². The van der Waals surface area contributed by atoms with Crippen LogP contribution < -0.4 is 10.6 Å². The highest BCUT2D eigenvalue weighted by Gasteiger charge is 2.18. The zero-order valence-corrected chi connectivity index (χ0v) is 13.5. The van der Waals surface area contributed by atoms with Crippen LogP contribution >= 0.6 is 0 Å². The largest absolute Gasteiger partial charge is 0.334 e. The highest BCUT2D eigenvalue weighted by atomic mass is 16.6. The van der Waals surface area contributed by atoms with Crippen LogP contribution in [0, 0.1) is 16.0 Å². The zero-order chi connectivity index (χ0) is 16.7. The summed E-state index contributed by atoms with van der Waals surface area (Å²) in [7, 11) is 3.88. The van der Waals surface area contributed by atoms with E-state index in [2.05, 4.69) is 24.5 Å². The van der Waals surface area contributed by atoms with E-state index in [-0.39, 0.29) is 17.4 Å². The molecule has 0 radical (unpaired) electrons.